The summed E-state index contributed by atoms with van der Waals surface area (Å²) in [6.07, 6.45) is 2.96. The third-order valence-corrected chi connectivity index (χ3v) is 6.35. The van der Waals surface area contributed by atoms with Crippen LogP contribution in [-0.4, -0.2) is 63.8 Å². The van der Waals surface area contributed by atoms with Crippen molar-refractivity contribution in [3.8, 4) is 11.4 Å². The van der Waals surface area contributed by atoms with E-state index in [0.29, 0.717) is 44.3 Å². The first-order valence-corrected chi connectivity index (χ1v) is 10.6. The van der Waals surface area contributed by atoms with Crippen molar-refractivity contribution < 1.29 is 14.3 Å². The van der Waals surface area contributed by atoms with E-state index in [-0.39, 0.29) is 12.0 Å². The molecule has 1 saturated heterocycles. The summed E-state index contributed by atoms with van der Waals surface area (Å²) >= 11 is 1.64. The lowest BCUT2D eigenvalue weighted by Gasteiger charge is -2.28. The highest BCUT2D eigenvalue weighted by Crippen LogP contribution is 2.41. The quantitative estimate of drug-likeness (QED) is 0.669. The maximum atomic E-state index is 12.2. The number of fused-ring (bicyclic) bond motifs is 3. The number of hydrogen-bond donors (Lipinski definition) is 1. The van der Waals surface area contributed by atoms with E-state index >= 15 is 0 Å². The summed E-state index contributed by atoms with van der Waals surface area (Å²) in [5.41, 5.74) is 8.25. The van der Waals surface area contributed by atoms with Crippen molar-refractivity contribution in [2.45, 2.75) is 20.0 Å². The summed E-state index contributed by atoms with van der Waals surface area (Å²) in [6, 6.07) is 0. The van der Waals surface area contributed by atoms with E-state index in [1.807, 2.05) is 6.92 Å². The van der Waals surface area contributed by atoms with Gasteiger partial charge in [-0.3, -0.25) is 4.90 Å². The molecule has 11 heteroatoms. The number of amides is 1. The third kappa shape index (κ3) is 3.29. The Labute approximate surface area is 176 Å². The van der Waals surface area contributed by atoms with Crippen LogP contribution in [0.4, 0.5) is 16.6 Å². The SMILES string of the molecule is CCOC(=O)N1Cc2sc3c(N4CCOCC4)nc(-c4cnc(N)nc4)nc3c2C1. The van der Waals surface area contributed by atoms with Crippen LogP contribution in [0.3, 0.4) is 0 Å². The summed E-state index contributed by atoms with van der Waals surface area (Å²) in [4.78, 5) is 35.1. The zero-order valence-corrected chi connectivity index (χ0v) is 17.3. The van der Waals surface area contributed by atoms with E-state index in [2.05, 4.69) is 14.9 Å². The first-order chi connectivity index (χ1) is 14.6. The molecule has 0 aliphatic carbocycles. The number of rotatable bonds is 3. The van der Waals surface area contributed by atoms with E-state index in [0.717, 1.165) is 39.6 Å². The molecule has 30 heavy (non-hydrogen) atoms. The second-order valence-electron chi connectivity index (χ2n) is 7.04. The van der Waals surface area contributed by atoms with Gasteiger partial charge in [-0.1, -0.05) is 0 Å². The molecule has 0 saturated carbocycles. The van der Waals surface area contributed by atoms with E-state index in [9.17, 15) is 4.79 Å². The maximum absolute atomic E-state index is 12.2. The lowest BCUT2D eigenvalue weighted by atomic mass is 10.2. The van der Waals surface area contributed by atoms with Crippen molar-refractivity contribution in [3.05, 3.63) is 22.8 Å². The first kappa shape index (κ1) is 18.9. The van der Waals surface area contributed by atoms with Gasteiger partial charge in [0.15, 0.2) is 11.6 Å². The first-order valence-electron chi connectivity index (χ1n) is 9.78. The van der Waals surface area contributed by atoms with Crippen LogP contribution in [0.2, 0.25) is 0 Å². The van der Waals surface area contributed by atoms with E-state index in [4.69, 9.17) is 25.2 Å². The van der Waals surface area contributed by atoms with Crippen LogP contribution in [0, 0.1) is 0 Å². The van der Waals surface area contributed by atoms with Gasteiger partial charge in [-0.25, -0.2) is 24.7 Å². The number of morpholine rings is 1. The average Bonchev–Trinajstić information content (AvgIpc) is 3.33. The highest BCUT2D eigenvalue weighted by Gasteiger charge is 2.31. The molecule has 0 aromatic carbocycles. The lowest BCUT2D eigenvalue weighted by molar-refractivity contribution is 0.107. The Morgan fingerprint density at radius 3 is 2.73 bits per heavy atom. The van der Waals surface area contributed by atoms with Gasteiger partial charge in [-0.05, 0) is 6.92 Å². The Hall–Kier alpha value is -3.05. The number of hydrogen-bond acceptors (Lipinski definition) is 10. The molecule has 1 fully saturated rings. The normalized spacial score (nSPS) is 16.2. The number of aromatic nitrogens is 4. The molecule has 0 bridgehead atoms. The van der Waals surface area contributed by atoms with Crippen LogP contribution in [0.25, 0.3) is 21.6 Å². The van der Waals surface area contributed by atoms with Crippen molar-refractivity contribution in [1.29, 1.82) is 0 Å². The van der Waals surface area contributed by atoms with Crippen molar-refractivity contribution in [2.24, 2.45) is 0 Å². The number of carbonyl (C=O) groups is 1. The molecule has 3 aromatic heterocycles. The van der Waals surface area contributed by atoms with Crippen LogP contribution >= 0.6 is 11.3 Å². The predicted molar refractivity (Wildman–Crippen MR) is 112 cm³/mol. The minimum Gasteiger partial charge on any atom is -0.450 e. The van der Waals surface area contributed by atoms with Gasteiger partial charge in [0.05, 0.1) is 48.7 Å². The fourth-order valence-corrected chi connectivity index (χ4v) is 4.96. The van der Waals surface area contributed by atoms with Crippen molar-refractivity contribution in [3.63, 3.8) is 0 Å². The highest BCUT2D eigenvalue weighted by atomic mass is 32.1. The molecule has 1 amide bonds. The van der Waals surface area contributed by atoms with Gasteiger partial charge in [-0.15, -0.1) is 11.3 Å². The number of nitrogens with two attached hydrogens (primary N) is 1. The molecule has 2 aliphatic rings. The molecule has 0 radical (unpaired) electrons. The molecule has 0 spiro atoms. The largest absolute Gasteiger partial charge is 0.450 e. The van der Waals surface area contributed by atoms with E-state index in [1.54, 1.807) is 28.6 Å². The van der Waals surface area contributed by atoms with Gasteiger partial charge in [0.2, 0.25) is 5.95 Å². The molecule has 5 rings (SSSR count). The number of thiophene rings is 1. The van der Waals surface area contributed by atoms with Crippen molar-refractivity contribution in [1.82, 2.24) is 24.8 Å². The van der Waals surface area contributed by atoms with Crippen molar-refractivity contribution in [2.75, 3.05) is 43.5 Å². The van der Waals surface area contributed by atoms with E-state index in [1.165, 1.54) is 0 Å². The molecular weight excluding hydrogens is 406 g/mol. The smallest absolute Gasteiger partial charge is 0.410 e. The van der Waals surface area contributed by atoms with Crippen LogP contribution in [0.5, 0.6) is 0 Å². The number of anilines is 2. The van der Waals surface area contributed by atoms with Crippen molar-refractivity contribution >= 4 is 39.4 Å². The molecule has 2 N–H and O–H groups in total. The van der Waals surface area contributed by atoms with Crippen LogP contribution in [0.15, 0.2) is 12.4 Å². The Morgan fingerprint density at radius 1 is 1.23 bits per heavy atom. The van der Waals surface area contributed by atoms with Crippen LogP contribution in [0.1, 0.15) is 17.4 Å². The second kappa shape index (κ2) is 7.65. The maximum Gasteiger partial charge on any atom is 0.410 e. The molecule has 156 valence electrons. The summed E-state index contributed by atoms with van der Waals surface area (Å²) in [6.45, 7) is 6.02. The number of ether oxygens (including phenoxy) is 2. The second-order valence-corrected chi connectivity index (χ2v) is 8.14. The van der Waals surface area contributed by atoms with Gasteiger partial charge in [0.1, 0.15) is 0 Å². The Bertz CT molecular complexity index is 1100. The molecule has 2 aliphatic heterocycles. The van der Waals surface area contributed by atoms with Crippen LogP contribution in [-0.2, 0) is 22.6 Å². The van der Waals surface area contributed by atoms with Gasteiger partial charge in [0, 0.05) is 35.9 Å². The molecular formula is C19H21N7O3S. The Kier molecular flexibility index (Phi) is 4.83. The zero-order valence-electron chi connectivity index (χ0n) is 16.5. The van der Waals surface area contributed by atoms with Gasteiger partial charge >= 0.3 is 6.09 Å². The molecule has 10 nitrogen and oxygen atoms in total. The monoisotopic (exact) mass is 427 g/mol. The number of nitrogens with zero attached hydrogens (tertiary/aromatic N) is 6. The standard InChI is InChI=1S/C19H21N7O3S/c1-2-29-19(27)26-9-12-13(10-26)30-15-14(12)23-16(11-7-21-18(20)22-8-11)24-17(15)25-3-5-28-6-4-25/h7-8H,2-6,9-10H2,1H3,(H2,20,21,22). The summed E-state index contributed by atoms with van der Waals surface area (Å²) in [5, 5.41) is 0. The zero-order chi connectivity index (χ0) is 20.7. The number of nitrogen functional groups attached to an aromatic ring is 1. The third-order valence-electron chi connectivity index (χ3n) is 5.15. The van der Waals surface area contributed by atoms with Gasteiger partial charge in [0.25, 0.3) is 0 Å². The topological polar surface area (TPSA) is 120 Å². The molecule has 5 heterocycles. The molecule has 3 aromatic rings. The van der Waals surface area contributed by atoms with Gasteiger partial charge < -0.3 is 20.1 Å². The van der Waals surface area contributed by atoms with Gasteiger partial charge in [-0.2, -0.15) is 0 Å². The van der Waals surface area contributed by atoms with E-state index < -0.39 is 0 Å². The lowest BCUT2D eigenvalue weighted by Crippen LogP contribution is -2.37. The fourth-order valence-electron chi connectivity index (χ4n) is 3.68. The predicted octanol–water partition coefficient (Wildman–Crippen LogP) is 2.04. The minimum atomic E-state index is -0.302. The molecule has 0 atom stereocenters. The number of carbonyl (C=O) groups excluding carboxylic acids is 1. The minimum absolute atomic E-state index is 0.203. The summed E-state index contributed by atoms with van der Waals surface area (Å²) in [5.74, 6) is 1.63. The fraction of sp³-hybridized carbons (Fsp3) is 0.421. The highest BCUT2D eigenvalue weighted by molar-refractivity contribution is 7.19. The Balaban J connectivity index is 1.61. The van der Waals surface area contributed by atoms with Crippen LogP contribution < -0.4 is 10.6 Å². The average molecular weight is 427 g/mol. The Morgan fingerprint density at radius 2 is 2.00 bits per heavy atom. The summed E-state index contributed by atoms with van der Waals surface area (Å²) < 4.78 is 11.7. The molecule has 0 unspecified atom stereocenters. The summed E-state index contributed by atoms with van der Waals surface area (Å²) in [7, 11) is 0.